The van der Waals surface area contributed by atoms with Crippen molar-refractivity contribution in [3.8, 4) is 11.1 Å². The molecule has 2 atom stereocenters. The Kier molecular flexibility index (Phi) is 5.69. The number of benzene rings is 7. The molecule has 2 heteroatoms. The Morgan fingerprint density at radius 1 is 0.511 bits per heavy atom. The lowest BCUT2D eigenvalue weighted by Crippen LogP contribution is -2.49. The zero-order valence-corrected chi connectivity index (χ0v) is 27.3. The summed E-state index contributed by atoms with van der Waals surface area (Å²) >= 11 is 1.92. The van der Waals surface area contributed by atoms with Gasteiger partial charge < -0.3 is 4.90 Å². The highest BCUT2D eigenvalue weighted by molar-refractivity contribution is 7.26. The molecule has 0 radical (unpaired) electrons. The largest absolute Gasteiger partial charge is 0.334 e. The van der Waals surface area contributed by atoms with Crippen molar-refractivity contribution in [2.24, 2.45) is 5.92 Å². The van der Waals surface area contributed by atoms with Gasteiger partial charge in [-0.15, -0.1) is 11.3 Å². The highest BCUT2D eigenvalue weighted by Gasteiger charge is 2.45. The molecule has 7 aromatic carbocycles. The van der Waals surface area contributed by atoms with E-state index in [1.165, 1.54) is 80.6 Å². The van der Waals surface area contributed by atoms with E-state index in [-0.39, 0.29) is 11.5 Å². The van der Waals surface area contributed by atoms with Crippen LogP contribution in [0.3, 0.4) is 0 Å². The number of rotatable bonds is 2. The Morgan fingerprint density at radius 3 is 1.85 bits per heavy atom. The van der Waals surface area contributed by atoms with Crippen LogP contribution in [0.2, 0.25) is 0 Å². The molecule has 2 aliphatic rings. The van der Waals surface area contributed by atoms with Crippen molar-refractivity contribution in [1.82, 2.24) is 0 Å². The molecule has 2 unspecified atom stereocenters. The lowest BCUT2D eigenvalue weighted by Gasteiger charge is -2.51. The average molecular weight is 620 g/mol. The number of nitrogens with zero attached hydrogens (tertiary/aromatic N) is 1. The second kappa shape index (κ2) is 9.91. The van der Waals surface area contributed by atoms with Gasteiger partial charge in [-0.1, -0.05) is 123 Å². The maximum Gasteiger partial charge on any atom is 0.0596 e. The fourth-order valence-corrected chi connectivity index (χ4v) is 9.71. The summed E-state index contributed by atoms with van der Waals surface area (Å²) in [5.41, 5.74) is 6.49. The van der Waals surface area contributed by atoms with Gasteiger partial charge in [0.05, 0.1) is 6.04 Å². The van der Waals surface area contributed by atoms with Gasteiger partial charge in [0, 0.05) is 42.9 Å². The minimum atomic E-state index is -0.0179. The van der Waals surface area contributed by atoms with Crippen molar-refractivity contribution in [1.29, 1.82) is 0 Å². The van der Waals surface area contributed by atoms with Crippen LogP contribution in [-0.2, 0) is 5.41 Å². The first-order chi connectivity index (χ1) is 23.1. The van der Waals surface area contributed by atoms with Gasteiger partial charge >= 0.3 is 0 Å². The number of hydrogen-bond acceptors (Lipinski definition) is 2. The first kappa shape index (κ1) is 27.0. The standard InChI is InChI=1S/C45H33NS/c1-45(2)39-18-10-11-19-41(39)46(30-12-4-3-5-13-30)42-23-21-28(24-40(42)45)29-20-22-35-38-26-36-33-16-8-6-14-31(33)32-15-7-9-17-34(32)37(36)27-44(38)47-43(35)25-29/h3-27,39,41H,1-2H3. The molecular weight excluding hydrogens is 587 g/mol. The molecule has 0 amide bonds. The molecule has 224 valence electrons. The molecule has 0 bridgehead atoms. The Hall–Kier alpha value is -5.18. The van der Waals surface area contributed by atoms with E-state index < -0.39 is 0 Å². The first-order valence-electron chi connectivity index (χ1n) is 16.6. The molecule has 1 aliphatic heterocycles. The summed E-state index contributed by atoms with van der Waals surface area (Å²) in [6.07, 6.45) is 9.22. The molecule has 10 rings (SSSR count). The molecule has 0 saturated heterocycles. The predicted molar refractivity (Wildman–Crippen MR) is 204 cm³/mol. The third kappa shape index (κ3) is 3.89. The van der Waals surface area contributed by atoms with E-state index in [0.717, 1.165) is 0 Å². The third-order valence-corrected chi connectivity index (χ3v) is 12.0. The van der Waals surface area contributed by atoms with Gasteiger partial charge in [0.1, 0.15) is 0 Å². The van der Waals surface area contributed by atoms with E-state index in [9.17, 15) is 0 Å². The average Bonchev–Trinajstić information content (AvgIpc) is 3.48. The van der Waals surface area contributed by atoms with Crippen molar-refractivity contribution >= 4 is 75.2 Å². The second-order valence-electron chi connectivity index (χ2n) is 13.7. The van der Waals surface area contributed by atoms with Crippen molar-refractivity contribution in [3.63, 3.8) is 0 Å². The van der Waals surface area contributed by atoms with Crippen molar-refractivity contribution in [3.05, 3.63) is 157 Å². The van der Waals surface area contributed by atoms with Crippen molar-refractivity contribution in [2.45, 2.75) is 25.3 Å². The predicted octanol–water partition coefficient (Wildman–Crippen LogP) is 12.7. The number of allylic oxidation sites excluding steroid dienone is 2. The number of fused-ring (bicyclic) bond motifs is 11. The van der Waals surface area contributed by atoms with Gasteiger partial charge in [-0.2, -0.15) is 0 Å². The van der Waals surface area contributed by atoms with Gasteiger partial charge in [-0.25, -0.2) is 0 Å². The molecule has 8 aromatic rings. The van der Waals surface area contributed by atoms with Crippen LogP contribution in [-0.4, -0.2) is 6.04 Å². The summed E-state index contributed by atoms with van der Waals surface area (Å²) in [6, 6.07) is 48.0. The summed E-state index contributed by atoms with van der Waals surface area (Å²) in [7, 11) is 0. The highest BCUT2D eigenvalue weighted by atomic mass is 32.1. The lowest BCUT2D eigenvalue weighted by molar-refractivity contribution is 0.332. The van der Waals surface area contributed by atoms with Gasteiger partial charge in [-0.05, 0) is 91.5 Å². The molecular formula is C45H33NS. The van der Waals surface area contributed by atoms with Crippen LogP contribution in [0.25, 0.3) is 63.6 Å². The monoisotopic (exact) mass is 619 g/mol. The fourth-order valence-electron chi connectivity index (χ4n) is 8.54. The van der Waals surface area contributed by atoms with E-state index in [1.807, 2.05) is 11.3 Å². The number of thiophene rings is 1. The van der Waals surface area contributed by atoms with Crippen LogP contribution in [0.15, 0.2) is 152 Å². The summed E-state index contributed by atoms with van der Waals surface area (Å²) in [5, 5.41) is 10.7. The van der Waals surface area contributed by atoms with E-state index >= 15 is 0 Å². The van der Waals surface area contributed by atoms with E-state index in [2.05, 4.69) is 170 Å². The lowest BCUT2D eigenvalue weighted by atomic mass is 9.65. The van der Waals surface area contributed by atoms with Crippen molar-refractivity contribution < 1.29 is 0 Å². The van der Waals surface area contributed by atoms with Crippen LogP contribution < -0.4 is 4.90 Å². The van der Waals surface area contributed by atoms with Crippen LogP contribution >= 0.6 is 11.3 Å². The Bertz CT molecular complexity index is 2620. The molecule has 1 aliphatic carbocycles. The minimum Gasteiger partial charge on any atom is -0.334 e. The Morgan fingerprint density at radius 2 is 1.11 bits per heavy atom. The summed E-state index contributed by atoms with van der Waals surface area (Å²) in [4.78, 5) is 2.54. The minimum absolute atomic E-state index is 0.0179. The molecule has 0 spiro atoms. The van der Waals surface area contributed by atoms with Gasteiger partial charge in [-0.3, -0.25) is 0 Å². The molecule has 1 nitrogen and oxygen atoms in total. The Labute approximate surface area is 278 Å². The quantitative estimate of drug-likeness (QED) is 0.174. The van der Waals surface area contributed by atoms with Gasteiger partial charge in [0.15, 0.2) is 0 Å². The van der Waals surface area contributed by atoms with Crippen LogP contribution in [0.5, 0.6) is 0 Å². The maximum absolute atomic E-state index is 2.54. The summed E-state index contributed by atoms with van der Waals surface area (Å²) < 4.78 is 2.68. The smallest absolute Gasteiger partial charge is 0.0596 e. The normalized spacial score (nSPS) is 18.4. The molecule has 2 heterocycles. The first-order valence-corrected chi connectivity index (χ1v) is 17.4. The molecule has 0 saturated carbocycles. The molecule has 47 heavy (non-hydrogen) atoms. The second-order valence-corrected chi connectivity index (χ2v) is 14.8. The molecule has 1 aromatic heterocycles. The number of anilines is 2. The topological polar surface area (TPSA) is 3.24 Å². The molecule has 0 N–H and O–H groups in total. The zero-order chi connectivity index (χ0) is 31.3. The van der Waals surface area contributed by atoms with Crippen LogP contribution in [0, 0.1) is 5.92 Å². The van der Waals surface area contributed by atoms with E-state index in [0.29, 0.717) is 5.92 Å². The van der Waals surface area contributed by atoms with Crippen LogP contribution in [0.1, 0.15) is 19.4 Å². The summed E-state index contributed by atoms with van der Waals surface area (Å²) in [5.74, 6) is 0.377. The fraction of sp³-hybridized carbons (Fsp3) is 0.111. The highest BCUT2D eigenvalue weighted by Crippen LogP contribution is 2.52. The summed E-state index contributed by atoms with van der Waals surface area (Å²) in [6.45, 7) is 4.85. The SMILES string of the molecule is CC1(C)c2cc(-c3ccc4c(c3)sc3cc5c6ccccc6c6ccccc6c5cc34)ccc2N(c2ccccc2)C2C=CC=CC21. The van der Waals surface area contributed by atoms with Gasteiger partial charge in [0.25, 0.3) is 0 Å². The number of para-hydroxylation sites is 1. The molecule has 0 fully saturated rings. The zero-order valence-electron chi connectivity index (χ0n) is 26.4. The van der Waals surface area contributed by atoms with Crippen molar-refractivity contribution in [2.75, 3.05) is 4.90 Å². The van der Waals surface area contributed by atoms with E-state index in [4.69, 9.17) is 0 Å². The van der Waals surface area contributed by atoms with E-state index in [1.54, 1.807) is 0 Å². The van der Waals surface area contributed by atoms with Crippen LogP contribution in [0.4, 0.5) is 11.4 Å². The van der Waals surface area contributed by atoms with Gasteiger partial charge in [0.2, 0.25) is 0 Å². The maximum atomic E-state index is 2.54. The third-order valence-electron chi connectivity index (χ3n) is 10.9. The Balaban J connectivity index is 1.15. The number of hydrogen-bond donors (Lipinski definition) is 0.